The molecule has 5 heteroatoms. The Labute approximate surface area is 139 Å². The highest BCUT2D eigenvalue weighted by Gasteiger charge is 2.21. The minimum atomic E-state index is 0. The van der Waals surface area contributed by atoms with E-state index in [1.807, 2.05) is 0 Å². The van der Waals surface area contributed by atoms with Gasteiger partial charge in [-0.2, -0.15) is 0 Å². The molecule has 2 rings (SSSR count). The summed E-state index contributed by atoms with van der Waals surface area (Å²) in [6.07, 6.45) is 4.83. The van der Waals surface area contributed by atoms with Gasteiger partial charge in [-0.25, -0.2) is 0 Å². The predicted molar refractivity (Wildman–Crippen MR) is 94.7 cm³/mol. The monoisotopic (exact) mass is 336 g/mol. The van der Waals surface area contributed by atoms with Gasteiger partial charge < -0.3 is 5.32 Å². The van der Waals surface area contributed by atoms with Gasteiger partial charge in [-0.3, -0.25) is 4.90 Å². The van der Waals surface area contributed by atoms with Crippen LogP contribution < -0.4 is 5.32 Å². The molecule has 1 N–H and O–H groups in total. The second-order valence-corrected chi connectivity index (χ2v) is 5.78. The largest absolute Gasteiger partial charge is 0.311 e. The van der Waals surface area contributed by atoms with Gasteiger partial charge in [-0.05, 0) is 49.9 Å². The van der Waals surface area contributed by atoms with E-state index in [1.165, 1.54) is 36.4 Å². The Bertz CT molecular complexity index is 359. The predicted octanol–water partition coefficient (Wildman–Crippen LogP) is 3.83. The van der Waals surface area contributed by atoms with E-state index in [4.69, 9.17) is 0 Å². The number of rotatable bonds is 6. The van der Waals surface area contributed by atoms with Crippen molar-refractivity contribution in [2.75, 3.05) is 25.9 Å². The minimum absolute atomic E-state index is 0. The fraction of sp³-hybridized carbons (Fsp3) is 0.600. The van der Waals surface area contributed by atoms with Crippen LogP contribution in [0.3, 0.4) is 0 Å². The third-order valence-electron chi connectivity index (χ3n) is 3.77. The lowest BCUT2D eigenvalue weighted by Crippen LogP contribution is -2.37. The minimum Gasteiger partial charge on any atom is -0.311 e. The van der Waals surface area contributed by atoms with Crippen molar-refractivity contribution in [3.63, 3.8) is 0 Å². The standard InChI is InChI=1S/C15H24N2S.2ClH/c1-3-17-10-4-5-14(17)12-16-11-13-6-8-15(18-2)9-7-13;;/h6-9,14,16H,3-5,10-12H2,1-2H3;2*1H. The number of hydrogen-bond donors (Lipinski definition) is 1. The Hall–Kier alpha value is 0.0700. The van der Waals surface area contributed by atoms with Crippen molar-refractivity contribution < 1.29 is 0 Å². The molecule has 0 amide bonds. The summed E-state index contributed by atoms with van der Waals surface area (Å²) in [6.45, 7) is 6.85. The number of benzene rings is 1. The van der Waals surface area contributed by atoms with E-state index in [9.17, 15) is 0 Å². The molecule has 1 aliphatic heterocycles. The number of hydrogen-bond acceptors (Lipinski definition) is 3. The maximum atomic E-state index is 3.60. The van der Waals surface area contributed by atoms with E-state index in [1.54, 1.807) is 11.8 Å². The molecule has 0 aromatic heterocycles. The van der Waals surface area contributed by atoms with Crippen molar-refractivity contribution >= 4 is 36.6 Å². The summed E-state index contributed by atoms with van der Waals surface area (Å²) in [4.78, 5) is 3.93. The maximum Gasteiger partial charge on any atom is 0.0221 e. The van der Waals surface area contributed by atoms with Crippen molar-refractivity contribution in [2.45, 2.75) is 37.2 Å². The Kier molecular flexibility index (Phi) is 10.8. The fourth-order valence-electron chi connectivity index (χ4n) is 2.67. The first-order valence-electron chi connectivity index (χ1n) is 6.91. The highest BCUT2D eigenvalue weighted by molar-refractivity contribution is 7.98. The van der Waals surface area contributed by atoms with Crippen LogP contribution in [0.1, 0.15) is 25.3 Å². The van der Waals surface area contributed by atoms with Crippen LogP contribution in [0.15, 0.2) is 29.2 Å². The molecule has 1 aromatic rings. The van der Waals surface area contributed by atoms with Gasteiger partial charge in [0.1, 0.15) is 0 Å². The Morgan fingerprint density at radius 2 is 1.95 bits per heavy atom. The lowest BCUT2D eigenvalue weighted by Gasteiger charge is -2.23. The third kappa shape index (κ3) is 5.82. The van der Waals surface area contributed by atoms with E-state index in [-0.39, 0.29) is 24.8 Å². The molecular formula is C15H26Cl2N2S. The molecule has 0 radical (unpaired) electrons. The van der Waals surface area contributed by atoms with Gasteiger partial charge in [0.15, 0.2) is 0 Å². The molecule has 1 heterocycles. The Morgan fingerprint density at radius 1 is 1.25 bits per heavy atom. The average molecular weight is 337 g/mol. The molecule has 1 fully saturated rings. The molecular weight excluding hydrogens is 311 g/mol. The van der Waals surface area contributed by atoms with Gasteiger partial charge >= 0.3 is 0 Å². The Balaban J connectivity index is 0.00000180. The molecule has 1 unspecified atom stereocenters. The van der Waals surface area contributed by atoms with Gasteiger partial charge in [0.2, 0.25) is 0 Å². The maximum absolute atomic E-state index is 3.60. The summed E-state index contributed by atoms with van der Waals surface area (Å²) in [5.74, 6) is 0. The average Bonchev–Trinajstić information content (AvgIpc) is 2.87. The first-order chi connectivity index (χ1) is 8.83. The summed E-state index contributed by atoms with van der Waals surface area (Å²) in [5, 5.41) is 3.60. The molecule has 2 nitrogen and oxygen atoms in total. The third-order valence-corrected chi connectivity index (χ3v) is 4.52. The van der Waals surface area contributed by atoms with Crippen LogP contribution >= 0.6 is 36.6 Å². The van der Waals surface area contributed by atoms with Crippen molar-refractivity contribution in [3.8, 4) is 0 Å². The number of likely N-dealkylation sites (N-methyl/N-ethyl adjacent to an activating group) is 1. The normalized spacial score (nSPS) is 18.4. The topological polar surface area (TPSA) is 15.3 Å². The van der Waals surface area contributed by atoms with Crippen molar-refractivity contribution in [1.29, 1.82) is 0 Å². The van der Waals surface area contributed by atoms with Crippen LogP contribution in [-0.4, -0.2) is 36.8 Å². The van der Waals surface area contributed by atoms with Gasteiger partial charge in [-0.15, -0.1) is 36.6 Å². The number of thioether (sulfide) groups is 1. The summed E-state index contributed by atoms with van der Waals surface area (Å²) >= 11 is 1.80. The van der Waals surface area contributed by atoms with Crippen molar-refractivity contribution in [3.05, 3.63) is 29.8 Å². The quantitative estimate of drug-likeness (QED) is 0.795. The first-order valence-corrected chi connectivity index (χ1v) is 8.13. The van der Waals surface area contributed by atoms with Gasteiger partial charge in [0.05, 0.1) is 0 Å². The van der Waals surface area contributed by atoms with Crippen LogP contribution in [-0.2, 0) is 6.54 Å². The second-order valence-electron chi connectivity index (χ2n) is 4.90. The highest BCUT2D eigenvalue weighted by Crippen LogP contribution is 2.16. The molecule has 0 aliphatic carbocycles. The Morgan fingerprint density at radius 3 is 2.55 bits per heavy atom. The van der Waals surface area contributed by atoms with Crippen LogP contribution in [0.2, 0.25) is 0 Å². The molecule has 0 bridgehead atoms. The van der Waals surface area contributed by atoms with E-state index >= 15 is 0 Å². The number of nitrogens with zero attached hydrogens (tertiary/aromatic N) is 1. The molecule has 1 aromatic carbocycles. The van der Waals surface area contributed by atoms with Crippen LogP contribution in [0, 0.1) is 0 Å². The zero-order chi connectivity index (χ0) is 12.8. The van der Waals surface area contributed by atoms with E-state index in [2.05, 4.69) is 47.7 Å². The van der Waals surface area contributed by atoms with E-state index in [0.717, 1.165) is 19.1 Å². The van der Waals surface area contributed by atoms with Gasteiger partial charge in [0.25, 0.3) is 0 Å². The number of halogens is 2. The lowest BCUT2D eigenvalue weighted by molar-refractivity contribution is 0.260. The summed E-state index contributed by atoms with van der Waals surface area (Å²) in [7, 11) is 0. The molecule has 1 atom stereocenters. The highest BCUT2D eigenvalue weighted by atomic mass is 35.5. The van der Waals surface area contributed by atoms with Gasteiger partial charge in [0, 0.05) is 24.0 Å². The summed E-state index contributed by atoms with van der Waals surface area (Å²) < 4.78 is 0. The fourth-order valence-corrected chi connectivity index (χ4v) is 3.08. The van der Waals surface area contributed by atoms with E-state index in [0.29, 0.717) is 0 Å². The summed E-state index contributed by atoms with van der Waals surface area (Å²) in [5.41, 5.74) is 1.38. The molecule has 0 spiro atoms. The van der Waals surface area contributed by atoms with Gasteiger partial charge in [-0.1, -0.05) is 19.1 Å². The zero-order valence-corrected chi connectivity index (χ0v) is 14.8. The number of likely N-dealkylation sites (tertiary alicyclic amines) is 1. The molecule has 1 aliphatic rings. The molecule has 116 valence electrons. The second kappa shape index (κ2) is 10.7. The summed E-state index contributed by atoms with van der Waals surface area (Å²) in [6, 6.07) is 9.61. The van der Waals surface area contributed by atoms with Crippen LogP contribution in [0.25, 0.3) is 0 Å². The first kappa shape index (κ1) is 20.1. The molecule has 0 saturated carbocycles. The zero-order valence-electron chi connectivity index (χ0n) is 12.3. The van der Waals surface area contributed by atoms with Crippen molar-refractivity contribution in [2.24, 2.45) is 0 Å². The van der Waals surface area contributed by atoms with E-state index < -0.39 is 0 Å². The lowest BCUT2D eigenvalue weighted by atomic mass is 10.2. The van der Waals surface area contributed by atoms with Crippen LogP contribution in [0.5, 0.6) is 0 Å². The van der Waals surface area contributed by atoms with Crippen molar-refractivity contribution in [1.82, 2.24) is 10.2 Å². The molecule has 20 heavy (non-hydrogen) atoms. The number of nitrogens with one attached hydrogen (secondary N) is 1. The molecule has 1 saturated heterocycles. The smallest absolute Gasteiger partial charge is 0.0221 e. The SMILES string of the molecule is CCN1CCCC1CNCc1ccc(SC)cc1.Cl.Cl. The van der Waals surface area contributed by atoms with Crippen LogP contribution in [0.4, 0.5) is 0 Å².